The second-order valence-electron chi connectivity index (χ2n) is 3.78. The summed E-state index contributed by atoms with van der Waals surface area (Å²) in [6.45, 7) is 4.96. The molecule has 0 aliphatic heterocycles. The SMILES string of the molecule is CC(C)C(Br)CNc1cc(Cl)ccc1[O-]. The Morgan fingerprint density at radius 2 is 2.13 bits per heavy atom. The first kappa shape index (κ1) is 12.7. The summed E-state index contributed by atoms with van der Waals surface area (Å²) in [5.41, 5.74) is 0.563. The largest absolute Gasteiger partial charge is 0.871 e. The van der Waals surface area contributed by atoms with E-state index in [2.05, 4.69) is 35.1 Å². The van der Waals surface area contributed by atoms with Crippen molar-refractivity contribution in [1.29, 1.82) is 0 Å². The van der Waals surface area contributed by atoms with Crippen molar-refractivity contribution >= 4 is 33.2 Å². The quantitative estimate of drug-likeness (QED) is 0.864. The van der Waals surface area contributed by atoms with Crippen LogP contribution in [-0.4, -0.2) is 11.4 Å². The van der Waals surface area contributed by atoms with Gasteiger partial charge in [-0.3, -0.25) is 0 Å². The van der Waals surface area contributed by atoms with Crippen molar-refractivity contribution in [2.45, 2.75) is 18.7 Å². The molecule has 0 heterocycles. The molecule has 1 aromatic carbocycles. The molecule has 2 nitrogen and oxygen atoms in total. The second-order valence-corrected chi connectivity index (χ2v) is 5.39. The third kappa shape index (κ3) is 3.92. The molecule has 15 heavy (non-hydrogen) atoms. The lowest BCUT2D eigenvalue weighted by Crippen LogP contribution is -2.19. The van der Waals surface area contributed by atoms with Crippen LogP contribution >= 0.6 is 27.5 Å². The van der Waals surface area contributed by atoms with Crippen LogP contribution in [0.15, 0.2) is 18.2 Å². The number of anilines is 1. The van der Waals surface area contributed by atoms with Gasteiger partial charge in [0.25, 0.3) is 0 Å². The van der Waals surface area contributed by atoms with Crippen LogP contribution in [0.3, 0.4) is 0 Å². The molecule has 0 amide bonds. The molecule has 1 aromatic rings. The van der Waals surface area contributed by atoms with Gasteiger partial charge in [0, 0.05) is 22.1 Å². The van der Waals surface area contributed by atoms with E-state index in [0.717, 1.165) is 0 Å². The van der Waals surface area contributed by atoms with E-state index in [1.807, 2.05) is 0 Å². The predicted molar refractivity (Wildman–Crippen MR) is 66.9 cm³/mol. The highest BCUT2D eigenvalue weighted by atomic mass is 79.9. The molecule has 0 saturated carbocycles. The van der Waals surface area contributed by atoms with Gasteiger partial charge in [-0.15, -0.1) is 0 Å². The van der Waals surface area contributed by atoms with Gasteiger partial charge in [0.1, 0.15) is 0 Å². The fourth-order valence-corrected chi connectivity index (χ4v) is 1.42. The fraction of sp³-hybridized carbons (Fsp3) is 0.455. The van der Waals surface area contributed by atoms with Crippen LogP contribution in [0.1, 0.15) is 13.8 Å². The maximum Gasteiger partial charge on any atom is 0.0426 e. The zero-order chi connectivity index (χ0) is 11.4. The van der Waals surface area contributed by atoms with Gasteiger partial charge in [0.05, 0.1) is 0 Å². The molecule has 1 atom stereocenters. The lowest BCUT2D eigenvalue weighted by atomic mass is 10.1. The topological polar surface area (TPSA) is 35.1 Å². The Bertz CT molecular complexity index is 330. The molecule has 0 aromatic heterocycles. The van der Waals surface area contributed by atoms with E-state index in [4.69, 9.17) is 11.6 Å². The lowest BCUT2D eigenvalue weighted by molar-refractivity contribution is -0.267. The van der Waals surface area contributed by atoms with Crippen LogP contribution in [-0.2, 0) is 0 Å². The minimum atomic E-state index is -0.0251. The summed E-state index contributed by atoms with van der Waals surface area (Å²) < 4.78 is 0. The average Bonchev–Trinajstić information content (AvgIpc) is 2.18. The third-order valence-corrected chi connectivity index (χ3v) is 3.77. The molecule has 4 heteroatoms. The number of rotatable bonds is 4. The van der Waals surface area contributed by atoms with Gasteiger partial charge in [-0.05, 0) is 18.1 Å². The Balaban J connectivity index is 2.61. The molecule has 0 spiro atoms. The Kier molecular flexibility index (Phi) is 4.74. The van der Waals surface area contributed by atoms with Crippen molar-refractivity contribution < 1.29 is 5.11 Å². The Hall–Kier alpha value is -0.410. The number of halogens is 2. The van der Waals surface area contributed by atoms with Gasteiger partial charge in [-0.1, -0.05) is 53.2 Å². The highest BCUT2D eigenvalue weighted by Gasteiger charge is 2.08. The summed E-state index contributed by atoms with van der Waals surface area (Å²) in [4.78, 5) is 0.343. The minimum Gasteiger partial charge on any atom is -0.871 e. The predicted octanol–water partition coefficient (Wildman–Crippen LogP) is 3.25. The molecule has 0 radical (unpaired) electrons. The van der Waals surface area contributed by atoms with E-state index in [9.17, 15) is 5.11 Å². The van der Waals surface area contributed by atoms with Crippen molar-refractivity contribution in [1.82, 2.24) is 0 Å². The van der Waals surface area contributed by atoms with Crippen molar-refractivity contribution in [3.63, 3.8) is 0 Å². The second kappa shape index (κ2) is 5.61. The molecule has 0 fully saturated rings. The molecule has 0 aliphatic carbocycles. The summed E-state index contributed by atoms with van der Waals surface area (Å²) in [6.07, 6.45) is 0. The molecule has 1 unspecified atom stereocenters. The van der Waals surface area contributed by atoms with Crippen LogP contribution < -0.4 is 10.4 Å². The minimum absolute atomic E-state index is 0.0251. The normalized spacial score (nSPS) is 12.9. The number of nitrogens with one attached hydrogen (secondary N) is 1. The summed E-state index contributed by atoms with van der Waals surface area (Å²) in [5, 5.41) is 15.1. The van der Waals surface area contributed by atoms with Gasteiger partial charge in [-0.25, -0.2) is 0 Å². The average molecular weight is 292 g/mol. The van der Waals surface area contributed by atoms with E-state index < -0.39 is 0 Å². The summed E-state index contributed by atoms with van der Waals surface area (Å²) >= 11 is 9.35. The Morgan fingerprint density at radius 1 is 1.47 bits per heavy atom. The van der Waals surface area contributed by atoms with Crippen LogP contribution in [0.25, 0.3) is 0 Å². The van der Waals surface area contributed by atoms with Gasteiger partial charge in [-0.2, -0.15) is 0 Å². The molecule has 1 N–H and O–H groups in total. The molecule has 84 valence electrons. The lowest BCUT2D eigenvalue weighted by Gasteiger charge is -2.19. The zero-order valence-corrected chi connectivity index (χ0v) is 11.1. The molecule has 0 bridgehead atoms. The first-order valence-electron chi connectivity index (χ1n) is 4.85. The molecule has 1 rings (SSSR count). The maximum atomic E-state index is 11.4. The van der Waals surface area contributed by atoms with E-state index in [1.165, 1.54) is 6.07 Å². The smallest absolute Gasteiger partial charge is 0.0426 e. The fourth-order valence-electron chi connectivity index (χ4n) is 1.08. The molecular formula is C11H14BrClNO-. The molecule has 0 saturated heterocycles. The number of alkyl halides is 1. The summed E-state index contributed by atoms with van der Waals surface area (Å²) in [6, 6.07) is 4.73. The van der Waals surface area contributed by atoms with Gasteiger partial charge < -0.3 is 10.4 Å². The van der Waals surface area contributed by atoms with E-state index in [1.54, 1.807) is 12.1 Å². The highest BCUT2D eigenvalue weighted by molar-refractivity contribution is 9.09. The number of hydrogen-bond donors (Lipinski definition) is 1. The number of benzene rings is 1. The summed E-state index contributed by atoms with van der Waals surface area (Å²) in [5.74, 6) is 0.495. The van der Waals surface area contributed by atoms with Crippen LogP contribution in [0.2, 0.25) is 5.02 Å². The summed E-state index contributed by atoms with van der Waals surface area (Å²) in [7, 11) is 0. The Labute approximate surface area is 104 Å². The monoisotopic (exact) mass is 290 g/mol. The zero-order valence-electron chi connectivity index (χ0n) is 8.76. The van der Waals surface area contributed by atoms with Crippen molar-refractivity contribution in [3.05, 3.63) is 23.2 Å². The van der Waals surface area contributed by atoms with Crippen molar-refractivity contribution in [2.24, 2.45) is 5.92 Å². The van der Waals surface area contributed by atoms with Crippen LogP contribution in [0, 0.1) is 5.92 Å². The van der Waals surface area contributed by atoms with E-state index in [-0.39, 0.29) is 5.75 Å². The third-order valence-electron chi connectivity index (χ3n) is 2.15. The molecular weight excluding hydrogens is 277 g/mol. The van der Waals surface area contributed by atoms with E-state index >= 15 is 0 Å². The number of hydrogen-bond acceptors (Lipinski definition) is 2. The highest BCUT2D eigenvalue weighted by Crippen LogP contribution is 2.25. The standard InChI is InChI=1S/C11H15BrClNO/c1-7(2)9(12)6-14-10-5-8(13)3-4-11(10)15/h3-5,7,9,14-15H,6H2,1-2H3/p-1. The Morgan fingerprint density at radius 3 is 2.73 bits per heavy atom. The van der Waals surface area contributed by atoms with E-state index in [0.29, 0.717) is 28.0 Å². The van der Waals surface area contributed by atoms with Crippen molar-refractivity contribution in [2.75, 3.05) is 11.9 Å². The first-order valence-corrected chi connectivity index (χ1v) is 6.14. The maximum absolute atomic E-state index is 11.4. The van der Waals surface area contributed by atoms with Gasteiger partial charge in [0.2, 0.25) is 0 Å². The van der Waals surface area contributed by atoms with Crippen LogP contribution in [0.5, 0.6) is 5.75 Å². The van der Waals surface area contributed by atoms with Crippen LogP contribution in [0.4, 0.5) is 5.69 Å². The van der Waals surface area contributed by atoms with Crippen molar-refractivity contribution in [3.8, 4) is 5.75 Å². The molecule has 0 aliphatic rings. The van der Waals surface area contributed by atoms with Gasteiger partial charge >= 0.3 is 0 Å². The first-order chi connectivity index (χ1) is 7.00. The van der Waals surface area contributed by atoms with Gasteiger partial charge in [0.15, 0.2) is 0 Å².